The normalized spacial score (nSPS) is 11.8. The summed E-state index contributed by atoms with van der Waals surface area (Å²) in [6, 6.07) is 17.2. The van der Waals surface area contributed by atoms with Crippen molar-refractivity contribution in [2.75, 3.05) is 5.32 Å². The van der Waals surface area contributed by atoms with Crippen molar-refractivity contribution in [3.63, 3.8) is 0 Å². The maximum atomic E-state index is 12.3. The minimum absolute atomic E-state index is 0.0162. The fourth-order valence-corrected chi connectivity index (χ4v) is 2.35. The lowest BCUT2D eigenvalue weighted by molar-refractivity contribution is -0.126. The number of carbonyl (C=O) groups is 2. The zero-order valence-corrected chi connectivity index (χ0v) is 13.7. The molecule has 2 N–H and O–H groups in total. The fourth-order valence-electron chi connectivity index (χ4n) is 2.35. The number of anilines is 1. The molecule has 1 atom stereocenters. The Morgan fingerprint density at radius 3 is 1.96 bits per heavy atom. The Morgan fingerprint density at radius 2 is 1.43 bits per heavy atom. The summed E-state index contributed by atoms with van der Waals surface area (Å²) in [6.07, 6.45) is 0. The molecule has 0 spiro atoms. The van der Waals surface area contributed by atoms with Gasteiger partial charge in [0.1, 0.15) is 6.04 Å². The monoisotopic (exact) mass is 310 g/mol. The molecule has 2 aromatic carbocycles. The maximum absolute atomic E-state index is 12.3. The Labute approximate surface area is 136 Å². The molecule has 0 fully saturated rings. The lowest BCUT2D eigenvalue weighted by atomic mass is 10.0. The van der Waals surface area contributed by atoms with Crippen molar-refractivity contribution in [3.05, 3.63) is 54.6 Å². The van der Waals surface area contributed by atoms with Crippen LogP contribution in [0.25, 0.3) is 11.1 Å². The number of benzene rings is 2. The van der Waals surface area contributed by atoms with Crippen LogP contribution in [0.4, 0.5) is 5.69 Å². The van der Waals surface area contributed by atoms with Crippen molar-refractivity contribution in [1.82, 2.24) is 5.32 Å². The highest BCUT2D eigenvalue weighted by Crippen LogP contribution is 2.21. The molecule has 1 unspecified atom stereocenters. The molecule has 0 radical (unpaired) electrons. The van der Waals surface area contributed by atoms with Crippen LogP contribution >= 0.6 is 0 Å². The van der Waals surface area contributed by atoms with Crippen LogP contribution in [-0.2, 0) is 9.59 Å². The summed E-state index contributed by atoms with van der Waals surface area (Å²) >= 11 is 0. The van der Waals surface area contributed by atoms with Gasteiger partial charge in [0, 0.05) is 12.6 Å². The van der Waals surface area contributed by atoms with Crippen molar-refractivity contribution in [1.29, 1.82) is 0 Å². The van der Waals surface area contributed by atoms with E-state index in [9.17, 15) is 9.59 Å². The average molecular weight is 310 g/mol. The zero-order chi connectivity index (χ0) is 16.8. The van der Waals surface area contributed by atoms with Crippen LogP contribution in [0.2, 0.25) is 0 Å². The summed E-state index contributed by atoms with van der Waals surface area (Å²) in [6.45, 7) is 5.22. The molecule has 0 aromatic heterocycles. The van der Waals surface area contributed by atoms with Crippen molar-refractivity contribution < 1.29 is 9.59 Å². The van der Waals surface area contributed by atoms with Crippen LogP contribution in [0, 0.1) is 5.92 Å². The molecule has 0 bridgehead atoms. The summed E-state index contributed by atoms with van der Waals surface area (Å²) in [4.78, 5) is 23.5. The number of carbonyl (C=O) groups excluding carboxylic acids is 2. The summed E-state index contributed by atoms with van der Waals surface area (Å²) in [5.41, 5.74) is 2.93. The largest absolute Gasteiger partial charge is 0.344 e. The number of nitrogens with one attached hydrogen (secondary N) is 2. The van der Waals surface area contributed by atoms with Gasteiger partial charge in [0.25, 0.3) is 0 Å². The van der Waals surface area contributed by atoms with Crippen LogP contribution in [0.1, 0.15) is 20.8 Å². The smallest absolute Gasteiger partial charge is 0.247 e. The first-order valence-corrected chi connectivity index (χ1v) is 7.71. The van der Waals surface area contributed by atoms with Crippen molar-refractivity contribution >= 4 is 17.5 Å². The minimum Gasteiger partial charge on any atom is -0.344 e. The van der Waals surface area contributed by atoms with Gasteiger partial charge in [-0.25, -0.2) is 0 Å². The van der Waals surface area contributed by atoms with Crippen molar-refractivity contribution in [3.8, 4) is 11.1 Å². The molecule has 0 saturated heterocycles. The molecule has 0 aliphatic heterocycles. The van der Waals surface area contributed by atoms with Crippen molar-refractivity contribution in [2.45, 2.75) is 26.8 Å². The highest BCUT2D eigenvalue weighted by molar-refractivity contribution is 5.97. The van der Waals surface area contributed by atoms with E-state index in [0.717, 1.165) is 11.1 Å². The molecular weight excluding hydrogens is 288 g/mol. The van der Waals surface area contributed by atoms with Gasteiger partial charge < -0.3 is 10.6 Å². The van der Waals surface area contributed by atoms with Gasteiger partial charge in [-0.05, 0) is 29.2 Å². The minimum atomic E-state index is -0.540. The van der Waals surface area contributed by atoms with Gasteiger partial charge in [-0.3, -0.25) is 9.59 Å². The fraction of sp³-hybridized carbons (Fsp3) is 0.263. The summed E-state index contributed by atoms with van der Waals surface area (Å²) in [7, 11) is 0. The Morgan fingerprint density at radius 1 is 0.870 bits per heavy atom. The van der Waals surface area contributed by atoms with Gasteiger partial charge in [0.2, 0.25) is 11.8 Å². The van der Waals surface area contributed by atoms with E-state index >= 15 is 0 Å². The lowest BCUT2D eigenvalue weighted by Gasteiger charge is -2.21. The summed E-state index contributed by atoms with van der Waals surface area (Å²) in [5, 5.41) is 5.54. The van der Waals surface area contributed by atoms with E-state index in [4.69, 9.17) is 0 Å². The van der Waals surface area contributed by atoms with Crippen molar-refractivity contribution in [2.24, 2.45) is 5.92 Å². The van der Waals surface area contributed by atoms with Crippen LogP contribution in [0.3, 0.4) is 0 Å². The summed E-state index contributed by atoms with van der Waals surface area (Å²) < 4.78 is 0. The second-order valence-corrected chi connectivity index (χ2v) is 5.85. The zero-order valence-electron chi connectivity index (χ0n) is 13.7. The Balaban J connectivity index is 2.08. The third-order valence-corrected chi connectivity index (χ3v) is 3.57. The van der Waals surface area contributed by atoms with Gasteiger partial charge in [-0.1, -0.05) is 56.3 Å². The highest BCUT2D eigenvalue weighted by atomic mass is 16.2. The highest BCUT2D eigenvalue weighted by Gasteiger charge is 2.22. The average Bonchev–Trinajstić information content (AvgIpc) is 2.53. The number of hydrogen-bond acceptors (Lipinski definition) is 2. The van der Waals surface area contributed by atoms with E-state index in [1.54, 1.807) is 0 Å². The maximum Gasteiger partial charge on any atom is 0.247 e. The van der Waals surface area contributed by atoms with Crippen LogP contribution in [0.15, 0.2) is 54.6 Å². The molecule has 0 aliphatic rings. The number of rotatable bonds is 5. The Hall–Kier alpha value is -2.62. The molecule has 4 heteroatoms. The van der Waals surface area contributed by atoms with E-state index in [1.165, 1.54) is 6.92 Å². The number of amides is 2. The standard InChI is InChI=1S/C19H22N2O2/c1-13(2)18(20-14(3)22)19(23)21-17-11-9-16(10-12-17)15-7-5-4-6-8-15/h4-13,18H,1-3H3,(H,20,22)(H,21,23). The van der Waals surface area contributed by atoms with Gasteiger partial charge in [0.15, 0.2) is 0 Å². The van der Waals surface area contributed by atoms with Crippen LogP contribution < -0.4 is 10.6 Å². The second kappa shape index (κ2) is 7.58. The first-order chi connectivity index (χ1) is 11.0. The van der Waals surface area contributed by atoms with Gasteiger partial charge in [-0.2, -0.15) is 0 Å². The molecule has 2 amide bonds. The van der Waals surface area contributed by atoms with Crippen LogP contribution in [0.5, 0.6) is 0 Å². The topological polar surface area (TPSA) is 58.2 Å². The second-order valence-electron chi connectivity index (χ2n) is 5.85. The van der Waals surface area contributed by atoms with E-state index < -0.39 is 6.04 Å². The van der Waals surface area contributed by atoms with Crippen LogP contribution in [-0.4, -0.2) is 17.9 Å². The first kappa shape index (κ1) is 16.7. The predicted octanol–water partition coefficient (Wildman–Crippen LogP) is 3.45. The molecule has 2 aromatic rings. The van der Waals surface area contributed by atoms with E-state index in [-0.39, 0.29) is 17.7 Å². The van der Waals surface area contributed by atoms with E-state index in [2.05, 4.69) is 10.6 Å². The van der Waals surface area contributed by atoms with Gasteiger partial charge >= 0.3 is 0 Å². The molecular formula is C19H22N2O2. The molecule has 0 aliphatic carbocycles. The van der Waals surface area contributed by atoms with E-state index in [0.29, 0.717) is 5.69 Å². The predicted molar refractivity (Wildman–Crippen MR) is 93.0 cm³/mol. The molecule has 4 nitrogen and oxygen atoms in total. The molecule has 0 heterocycles. The first-order valence-electron chi connectivity index (χ1n) is 7.71. The molecule has 120 valence electrons. The third-order valence-electron chi connectivity index (χ3n) is 3.57. The quantitative estimate of drug-likeness (QED) is 0.888. The summed E-state index contributed by atoms with van der Waals surface area (Å²) in [5.74, 6) is -0.400. The Bertz CT molecular complexity index is 664. The van der Waals surface area contributed by atoms with Gasteiger partial charge in [-0.15, -0.1) is 0 Å². The molecule has 2 rings (SSSR count). The number of hydrogen-bond donors (Lipinski definition) is 2. The molecule has 0 saturated carbocycles. The lowest BCUT2D eigenvalue weighted by Crippen LogP contribution is -2.46. The molecule has 23 heavy (non-hydrogen) atoms. The SMILES string of the molecule is CC(=O)NC(C(=O)Nc1ccc(-c2ccccc2)cc1)C(C)C. The third kappa shape index (κ3) is 4.68. The Kier molecular flexibility index (Phi) is 5.52. The van der Waals surface area contributed by atoms with E-state index in [1.807, 2.05) is 68.4 Å². The van der Waals surface area contributed by atoms with Gasteiger partial charge in [0.05, 0.1) is 0 Å².